The first-order valence-electron chi connectivity index (χ1n) is 5.76. The molecule has 1 amide bonds. The highest BCUT2D eigenvalue weighted by Gasteiger charge is 2.13. The predicted molar refractivity (Wildman–Crippen MR) is 72.4 cm³/mol. The summed E-state index contributed by atoms with van der Waals surface area (Å²) in [6, 6.07) is 11.1. The van der Waals surface area contributed by atoms with Crippen molar-refractivity contribution in [3.05, 3.63) is 58.3 Å². The van der Waals surface area contributed by atoms with Crippen LogP contribution in [0.1, 0.15) is 17.2 Å². The van der Waals surface area contributed by atoms with Gasteiger partial charge in [0.25, 0.3) is 0 Å². The number of aliphatic hydroxyl groups excluding tert-OH is 1. The number of nitrogens with one attached hydrogen (secondary N) is 1. The van der Waals surface area contributed by atoms with Crippen molar-refractivity contribution in [1.29, 1.82) is 0 Å². The molecule has 0 bridgehead atoms. The zero-order valence-corrected chi connectivity index (χ0v) is 10.7. The van der Waals surface area contributed by atoms with Crippen LogP contribution in [0.5, 0.6) is 0 Å². The summed E-state index contributed by atoms with van der Waals surface area (Å²) >= 11 is 1.57. The van der Waals surface area contributed by atoms with Crippen molar-refractivity contribution in [3.63, 3.8) is 0 Å². The van der Waals surface area contributed by atoms with E-state index in [1.54, 1.807) is 11.3 Å². The Hall–Kier alpha value is -1.65. The van der Waals surface area contributed by atoms with Gasteiger partial charge in [-0.05, 0) is 28.0 Å². The Labute approximate surface area is 110 Å². The van der Waals surface area contributed by atoms with Crippen molar-refractivity contribution in [1.82, 2.24) is 5.32 Å². The summed E-state index contributed by atoms with van der Waals surface area (Å²) < 4.78 is 0. The second-order valence-electron chi connectivity index (χ2n) is 4.02. The number of benzene rings is 1. The van der Waals surface area contributed by atoms with Crippen molar-refractivity contribution in [3.8, 4) is 0 Å². The molecule has 0 radical (unpaired) electrons. The second-order valence-corrected chi connectivity index (χ2v) is 4.80. The normalized spacial score (nSPS) is 12.1. The first kappa shape index (κ1) is 12.8. The molecule has 1 heterocycles. The van der Waals surface area contributed by atoms with Gasteiger partial charge in [-0.1, -0.05) is 30.3 Å². The molecule has 94 valence electrons. The second kappa shape index (κ2) is 6.33. The van der Waals surface area contributed by atoms with Gasteiger partial charge in [-0.25, -0.2) is 0 Å². The largest absolute Gasteiger partial charge is 0.394 e. The van der Waals surface area contributed by atoms with Gasteiger partial charge in [0.15, 0.2) is 0 Å². The van der Waals surface area contributed by atoms with Crippen molar-refractivity contribution >= 4 is 17.2 Å². The molecule has 1 aromatic heterocycles. The standard InChI is InChI=1S/C14H15NO2S/c16-9-13(12-4-2-1-3-5-12)15-14(17)8-11-6-7-18-10-11/h1-7,10,13,16H,8-9H2,(H,15,17). The molecule has 0 saturated heterocycles. The number of carbonyl (C=O) groups excluding carboxylic acids is 1. The summed E-state index contributed by atoms with van der Waals surface area (Å²) in [7, 11) is 0. The van der Waals surface area contributed by atoms with Crippen LogP contribution in [0, 0.1) is 0 Å². The number of carbonyl (C=O) groups is 1. The van der Waals surface area contributed by atoms with Crippen molar-refractivity contribution < 1.29 is 9.90 Å². The van der Waals surface area contributed by atoms with E-state index in [2.05, 4.69) is 5.32 Å². The molecule has 1 aromatic carbocycles. The maximum atomic E-state index is 11.8. The zero-order valence-electron chi connectivity index (χ0n) is 9.87. The van der Waals surface area contributed by atoms with Crippen LogP contribution in [0.4, 0.5) is 0 Å². The van der Waals surface area contributed by atoms with E-state index < -0.39 is 0 Å². The van der Waals surface area contributed by atoms with Crippen LogP contribution in [-0.4, -0.2) is 17.6 Å². The van der Waals surface area contributed by atoms with Crippen LogP contribution in [0.25, 0.3) is 0 Å². The maximum Gasteiger partial charge on any atom is 0.225 e. The quantitative estimate of drug-likeness (QED) is 0.866. The molecule has 2 aromatic rings. The molecule has 0 fully saturated rings. The van der Waals surface area contributed by atoms with Gasteiger partial charge in [0.1, 0.15) is 0 Å². The Bertz CT molecular complexity index is 482. The lowest BCUT2D eigenvalue weighted by atomic mass is 10.1. The van der Waals surface area contributed by atoms with E-state index in [-0.39, 0.29) is 18.6 Å². The van der Waals surface area contributed by atoms with Crippen LogP contribution in [0.3, 0.4) is 0 Å². The lowest BCUT2D eigenvalue weighted by Gasteiger charge is -2.16. The number of thiophene rings is 1. The Morgan fingerprint density at radius 1 is 1.28 bits per heavy atom. The molecule has 3 nitrogen and oxygen atoms in total. The van der Waals surface area contributed by atoms with E-state index in [1.165, 1.54) is 0 Å². The van der Waals surface area contributed by atoms with E-state index in [1.807, 2.05) is 47.2 Å². The van der Waals surface area contributed by atoms with Gasteiger partial charge >= 0.3 is 0 Å². The molecular weight excluding hydrogens is 246 g/mol. The average Bonchev–Trinajstić information content (AvgIpc) is 2.90. The highest BCUT2D eigenvalue weighted by Crippen LogP contribution is 2.12. The number of hydrogen-bond donors (Lipinski definition) is 2. The fraction of sp³-hybridized carbons (Fsp3) is 0.214. The summed E-state index contributed by atoms with van der Waals surface area (Å²) in [5, 5.41) is 16.1. The van der Waals surface area contributed by atoms with Gasteiger partial charge in [0, 0.05) is 0 Å². The van der Waals surface area contributed by atoms with Crippen LogP contribution in [0.15, 0.2) is 47.2 Å². The molecule has 1 unspecified atom stereocenters. The van der Waals surface area contributed by atoms with Gasteiger partial charge in [0.2, 0.25) is 5.91 Å². The highest BCUT2D eigenvalue weighted by molar-refractivity contribution is 7.07. The first-order chi connectivity index (χ1) is 8.79. The van der Waals surface area contributed by atoms with Crippen LogP contribution < -0.4 is 5.32 Å². The van der Waals surface area contributed by atoms with Gasteiger partial charge in [-0.15, -0.1) is 0 Å². The Morgan fingerprint density at radius 2 is 2.06 bits per heavy atom. The van der Waals surface area contributed by atoms with E-state index >= 15 is 0 Å². The average molecular weight is 261 g/mol. The van der Waals surface area contributed by atoms with Crippen LogP contribution in [0.2, 0.25) is 0 Å². The minimum atomic E-state index is -0.336. The summed E-state index contributed by atoms with van der Waals surface area (Å²) in [6.45, 7) is -0.0978. The zero-order chi connectivity index (χ0) is 12.8. The molecule has 18 heavy (non-hydrogen) atoms. The molecule has 2 rings (SSSR count). The molecule has 0 aliphatic carbocycles. The lowest BCUT2D eigenvalue weighted by Crippen LogP contribution is -2.31. The number of aliphatic hydroxyl groups is 1. The van der Waals surface area contributed by atoms with Gasteiger partial charge in [0.05, 0.1) is 19.1 Å². The Kier molecular flexibility index (Phi) is 4.50. The van der Waals surface area contributed by atoms with Crippen LogP contribution in [-0.2, 0) is 11.2 Å². The maximum absolute atomic E-state index is 11.8. The minimum absolute atomic E-state index is 0.0729. The van der Waals surface area contributed by atoms with Gasteiger partial charge < -0.3 is 10.4 Å². The number of amides is 1. The predicted octanol–water partition coefficient (Wildman–Crippen LogP) is 2.14. The van der Waals surface area contributed by atoms with Crippen LogP contribution >= 0.6 is 11.3 Å². The van der Waals surface area contributed by atoms with E-state index in [9.17, 15) is 9.90 Å². The SMILES string of the molecule is O=C(Cc1ccsc1)NC(CO)c1ccccc1. The molecule has 0 saturated carbocycles. The Balaban J connectivity index is 1.96. The third-order valence-electron chi connectivity index (χ3n) is 2.66. The molecule has 0 aliphatic rings. The molecular formula is C14H15NO2S. The Morgan fingerprint density at radius 3 is 2.67 bits per heavy atom. The fourth-order valence-electron chi connectivity index (χ4n) is 1.74. The monoisotopic (exact) mass is 261 g/mol. The van der Waals surface area contributed by atoms with E-state index in [0.717, 1.165) is 11.1 Å². The first-order valence-corrected chi connectivity index (χ1v) is 6.70. The summed E-state index contributed by atoms with van der Waals surface area (Å²) in [5.41, 5.74) is 1.92. The van der Waals surface area contributed by atoms with Gasteiger partial charge in [-0.3, -0.25) is 4.79 Å². The minimum Gasteiger partial charge on any atom is -0.394 e. The van der Waals surface area contributed by atoms with Crippen molar-refractivity contribution in [2.45, 2.75) is 12.5 Å². The smallest absolute Gasteiger partial charge is 0.225 e. The molecule has 4 heteroatoms. The van der Waals surface area contributed by atoms with E-state index in [0.29, 0.717) is 6.42 Å². The molecule has 2 N–H and O–H groups in total. The highest BCUT2D eigenvalue weighted by atomic mass is 32.1. The van der Waals surface area contributed by atoms with Gasteiger partial charge in [-0.2, -0.15) is 11.3 Å². The molecule has 0 aliphatic heterocycles. The van der Waals surface area contributed by atoms with Crippen molar-refractivity contribution in [2.75, 3.05) is 6.61 Å². The third-order valence-corrected chi connectivity index (χ3v) is 3.40. The topological polar surface area (TPSA) is 49.3 Å². The van der Waals surface area contributed by atoms with Crippen molar-refractivity contribution in [2.24, 2.45) is 0 Å². The summed E-state index contributed by atoms with van der Waals surface area (Å²) in [4.78, 5) is 11.8. The number of rotatable bonds is 5. The molecule has 0 spiro atoms. The lowest BCUT2D eigenvalue weighted by molar-refractivity contribution is -0.121. The van der Waals surface area contributed by atoms with E-state index in [4.69, 9.17) is 0 Å². The summed E-state index contributed by atoms with van der Waals surface area (Å²) in [5.74, 6) is -0.0729. The number of hydrogen-bond acceptors (Lipinski definition) is 3. The summed E-state index contributed by atoms with van der Waals surface area (Å²) in [6.07, 6.45) is 0.354. The third kappa shape index (κ3) is 3.42. The fourth-order valence-corrected chi connectivity index (χ4v) is 2.41. The molecule has 1 atom stereocenters.